The molecule has 24 heavy (non-hydrogen) atoms. The number of hydrogen-bond acceptors (Lipinski definition) is 7. The first kappa shape index (κ1) is 18.4. The first-order chi connectivity index (χ1) is 11.0. The SMILES string of the molecule is COc1cc(OC)nc(SC2C(=O)OC2(C(F)(F)F)C(F)(F)F)n1. The molecule has 1 fully saturated rings. The van der Waals surface area contributed by atoms with Gasteiger partial charge in [-0.15, -0.1) is 0 Å². The molecule has 0 aromatic carbocycles. The number of thioether (sulfide) groups is 1. The van der Waals surface area contributed by atoms with Crippen LogP contribution in [0, 0.1) is 0 Å². The molecular formula is C11H8F6N2O4S. The fraction of sp³-hybridized carbons (Fsp3) is 0.545. The van der Waals surface area contributed by atoms with Gasteiger partial charge in [-0.3, -0.25) is 4.79 Å². The number of alkyl halides is 6. The molecule has 2 rings (SSSR count). The molecule has 1 aliphatic heterocycles. The monoisotopic (exact) mass is 378 g/mol. The summed E-state index contributed by atoms with van der Waals surface area (Å²) in [4.78, 5) is 18.5. The van der Waals surface area contributed by atoms with Crippen LogP contribution in [0.2, 0.25) is 0 Å². The van der Waals surface area contributed by atoms with Crippen molar-refractivity contribution in [3.05, 3.63) is 6.07 Å². The molecule has 1 aliphatic rings. The van der Waals surface area contributed by atoms with E-state index in [1.54, 1.807) is 0 Å². The number of esters is 1. The fourth-order valence-electron chi connectivity index (χ4n) is 1.83. The molecule has 13 heteroatoms. The van der Waals surface area contributed by atoms with Crippen molar-refractivity contribution in [1.82, 2.24) is 9.97 Å². The smallest absolute Gasteiger partial charge is 0.439 e. The number of carbonyl (C=O) groups is 1. The molecule has 1 saturated heterocycles. The van der Waals surface area contributed by atoms with Gasteiger partial charge in [-0.25, -0.2) is 0 Å². The minimum Gasteiger partial charge on any atom is -0.481 e. The van der Waals surface area contributed by atoms with Crippen molar-refractivity contribution in [2.24, 2.45) is 0 Å². The molecule has 0 aliphatic carbocycles. The van der Waals surface area contributed by atoms with Crippen LogP contribution in [0.5, 0.6) is 11.8 Å². The van der Waals surface area contributed by atoms with Crippen LogP contribution in [-0.2, 0) is 9.53 Å². The van der Waals surface area contributed by atoms with Crippen LogP contribution in [0.4, 0.5) is 26.3 Å². The van der Waals surface area contributed by atoms with Crippen molar-refractivity contribution in [3.63, 3.8) is 0 Å². The molecule has 1 unspecified atom stereocenters. The van der Waals surface area contributed by atoms with Crippen molar-refractivity contribution < 1.29 is 45.3 Å². The zero-order valence-corrected chi connectivity index (χ0v) is 12.7. The van der Waals surface area contributed by atoms with Crippen LogP contribution >= 0.6 is 11.8 Å². The van der Waals surface area contributed by atoms with E-state index in [9.17, 15) is 31.1 Å². The molecule has 0 radical (unpaired) electrons. The Morgan fingerprint density at radius 2 is 1.54 bits per heavy atom. The van der Waals surface area contributed by atoms with Gasteiger partial charge in [0.25, 0.3) is 0 Å². The topological polar surface area (TPSA) is 70.5 Å². The molecule has 0 amide bonds. The van der Waals surface area contributed by atoms with Gasteiger partial charge in [0.1, 0.15) is 0 Å². The fourth-order valence-corrected chi connectivity index (χ4v) is 2.95. The number of aromatic nitrogens is 2. The molecule has 0 saturated carbocycles. The maximum absolute atomic E-state index is 13.0. The summed E-state index contributed by atoms with van der Waals surface area (Å²) in [5.41, 5.74) is -4.62. The van der Waals surface area contributed by atoms with Crippen molar-refractivity contribution in [2.75, 3.05) is 14.2 Å². The molecule has 1 atom stereocenters. The number of methoxy groups -OCH3 is 2. The normalized spacial score (nSPS) is 20.2. The predicted octanol–water partition coefficient (Wildman–Crippen LogP) is 2.37. The lowest BCUT2D eigenvalue weighted by Gasteiger charge is -2.47. The Morgan fingerprint density at radius 1 is 1.08 bits per heavy atom. The van der Waals surface area contributed by atoms with Crippen molar-refractivity contribution >= 4 is 17.7 Å². The lowest BCUT2D eigenvalue weighted by molar-refractivity contribution is -0.390. The first-order valence-corrected chi connectivity index (χ1v) is 6.84. The highest BCUT2D eigenvalue weighted by molar-refractivity contribution is 8.00. The second kappa shape index (κ2) is 5.86. The Hall–Kier alpha value is -1.92. The van der Waals surface area contributed by atoms with Gasteiger partial charge in [-0.05, 0) is 0 Å². The molecule has 6 nitrogen and oxygen atoms in total. The van der Waals surface area contributed by atoms with E-state index in [4.69, 9.17) is 9.47 Å². The number of carbonyl (C=O) groups excluding carboxylic acids is 1. The largest absolute Gasteiger partial charge is 0.481 e. The van der Waals surface area contributed by atoms with E-state index in [1.807, 2.05) is 0 Å². The van der Waals surface area contributed by atoms with Gasteiger partial charge in [-0.2, -0.15) is 36.3 Å². The van der Waals surface area contributed by atoms with Crippen LogP contribution in [0.25, 0.3) is 0 Å². The minimum atomic E-state index is -5.86. The summed E-state index contributed by atoms with van der Waals surface area (Å²) in [6.07, 6.45) is -11.7. The molecular weight excluding hydrogens is 370 g/mol. The third-order valence-electron chi connectivity index (χ3n) is 2.99. The van der Waals surface area contributed by atoms with Crippen LogP contribution in [0.15, 0.2) is 11.2 Å². The van der Waals surface area contributed by atoms with Crippen molar-refractivity contribution in [1.29, 1.82) is 0 Å². The Balaban J connectivity index is 2.42. The quantitative estimate of drug-likeness (QED) is 0.453. The third-order valence-corrected chi connectivity index (χ3v) is 4.14. The number of rotatable bonds is 4. The average Bonchev–Trinajstić information content (AvgIpc) is 2.47. The highest BCUT2D eigenvalue weighted by Gasteiger charge is 2.85. The van der Waals surface area contributed by atoms with Crippen molar-refractivity contribution in [2.45, 2.75) is 28.4 Å². The van der Waals surface area contributed by atoms with E-state index in [0.29, 0.717) is 0 Å². The zero-order valence-electron chi connectivity index (χ0n) is 11.9. The van der Waals surface area contributed by atoms with E-state index < -0.39 is 34.3 Å². The first-order valence-electron chi connectivity index (χ1n) is 5.96. The van der Waals surface area contributed by atoms with Crippen LogP contribution in [0.3, 0.4) is 0 Å². The van der Waals surface area contributed by atoms with E-state index in [0.717, 1.165) is 6.07 Å². The number of halogens is 6. The molecule has 1 aromatic rings. The van der Waals surface area contributed by atoms with Crippen LogP contribution in [0.1, 0.15) is 0 Å². The van der Waals surface area contributed by atoms with E-state index in [-0.39, 0.29) is 23.5 Å². The zero-order chi connectivity index (χ0) is 18.3. The second-order valence-electron chi connectivity index (χ2n) is 4.39. The molecule has 0 spiro atoms. The molecule has 0 bridgehead atoms. The summed E-state index contributed by atoms with van der Waals surface area (Å²) in [5, 5.41) is -3.21. The molecule has 1 aromatic heterocycles. The van der Waals surface area contributed by atoms with Gasteiger partial charge in [-0.1, -0.05) is 11.8 Å². The van der Waals surface area contributed by atoms with Gasteiger partial charge >= 0.3 is 23.9 Å². The molecule has 0 N–H and O–H groups in total. The van der Waals surface area contributed by atoms with Crippen molar-refractivity contribution in [3.8, 4) is 11.8 Å². The van der Waals surface area contributed by atoms with E-state index in [2.05, 4.69) is 14.7 Å². The summed E-state index contributed by atoms with van der Waals surface area (Å²) < 4.78 is 90.8. The third kappa shape index (κ3) is 2.80. The summed E-state index contributed by atoms with van der Waals surface area (Å²) >= 11 is -0.139. The number of nitrogens with zero attached hydrogens (tertiary/aromatic N) is 2. The van der Waals surface area contributed by atoms with E-state index in [1.165, 1.54) is 14.2 Å². The summed E-state index contributed by atoms with van der Waals surface area (Å²) in [6.45, 7) is 0. The predicted molar refractivity (Wildman–Crippen MR) is 65.7 cm³/mol. The number of hydrogen-bond donors (Lipinski definition) is 0. The summed E-state index contributed by atoms with van der Waals surface area (Å²) in [6, 6.07) is 1.16. The maximum atomic E-state index is 13.0. The number of cyclic esters (lactones) is 1. The standard InChI is InChI=1S/C11H8F6N2O4S/c1-21-4-3-5(22-2)19-8(18-4)24-6-7(20)23-9(6,10(12,13)14)11(15,16)17/h3,6H,1-2H3. The number of ether oxygens (including phenoxy) is 3. The molecule has 2 heterocycles. The van der Waals surface area contributed by atoms with Gasteiger partial charge in [0.15, 0.2) is 10.4 Å². The Kier molecular flexibility index (Phi) is 4.50. The minimum absolute atomic E-state index is 0.139. The summed E-state index contributed by atoms with van der Waals surface area (Å²) in [5.74, 6) is -2.01. The Morgan fingerprint density at radius 3 is 1.88 bits per heavy atom. The van der Waals surface area contributed by atoms with Crippen LogP contribution < -0.4 is 9.47 Å². The van der Waals surface area contributed by atoms with Gasteiger partial charge in [0.2, 0.25) is 11.8 Å². The van der Waals surface area contributed by atoms with Crippen LogP contribution in [-0.4, -0.2) is 53.4 Å². The maximum Gasteiger partial charge on any atom is 0.439 e. The molecule has 134 valence electrons. The second-order valence-corrected chi connectivity index (χ2v) is 5.46. The highest BCUT2D eigenvalue weighted by atomic mass is 32.2. The van der Waals surface area contributed by atoms with Gasteiger partial charge < -0.3 is 14.2 Å². The van der Waals surface area contributed by atoms with Gasteiger partial charge in [0.05, 0.1) is 20.3 Å². The average molecular weight is 378 g/mol. The summed E-state index contributed by atoms with van der Waals surface area (Å²) in [7, 11) is 2.34. The Labute approximate surface area is 134 Å². The van der Waals surface area contributed by atoms with E-state index >= 15 is 0 Å². The Bertz CT molecular complexity index is 614. The lowest BCUT2D eigenvalue weighted by Crippen LogP contribution is -2.75. The highest BCUT2D eigenvalue weighted by Crippen LogP contribution is 2.57. The lowest BCUT2D eigenvalue weighted by atomic mass is 9.92. The van der Waals surface area contributed by atoms with Gasteiger partial charge in [0, 0.05) is 0 Å².